The van der Waals surface area contributed by atoms with Crippen molar-refractivity contribution in [1.29, 1.82) is 5.26 Å². The number of ether oxygens (including phenoxy) is 2. The highest BCUT2D eigenvalue weighted by Crippen LogP contribution is 2.25. The summed E-state index contributed by atoms with van der Waals surface area (Å²) >= 11 is 0. The molecule has 1 atom stereocenters. The van der Waals surface area contributed by atoms with Gasteiger partial charge in [0.05, 0.1) is 20.3 Å². The molecule has 0 fully saturated rings. The van der Waals surface area contributed by atoms with Crippen LogP contribution in [-0.2, 0) is 0 Å². The van der Waals surface area contributed by atoms with Crippen LogP contribution in [-0.4, -0.2) is 20.0 Å². The predicted molar refractivity (Wildman–Crippen MR) is 67.8 cm³/mol. The molecule has 0 saturated carbocycles. The lowest BCUT2D eigenvalue weighted by molar-refractivity contribution is 0.0923. The second kappa shape index (κ2) is 6.06. The van der Waals surface area contributed by atoms with Gasteiger partial charge in [0.1, 0.15) is 17.4 Å². The Morgan fingerprint density at radius 1 is 1.17 bits per heavy atom. The van der Waals surface area contributed by atoms with Crippen molar-refractivity contribution in [3.63, 3.8) is 0 Å². The lowest BCUT2D eigenvalue weighted by atomic mass is 9.89. The molecular formula is C14H17NO3. The largest absolute Gasteiger partial charge is 0.497 e. The number of nitriles is 1. The Morgan fingerprint density at radius 3 is 2.00 bits per heavy atom. The van der Waals surface area contributed by atoms with Gasteiger partial charge < -0.3 is 9.47 Å². The molecule has 0 saturated heterocycles. The maximum atomic E-state index is 12.2. The number of nitrogens with zero attached hydrogens (tertiary/aromatic N) is 1. The zero-order valence-electron chi connectivity index (χ0n) is 11.1. The summed E-state index contributed by atoms with van der Waals surface area (Å²) in [6, 6.07) is 6.98. The van der Waals surface area contributed by atoms with Crippen molar-refractivity contribution >= 4 is 5.78 Å². The van der Waals surface area contributed by atoms with Crippen LogP contribution in [0, 0.1) is 23.2 Å². The van der Waals surface area contributed by atoms with Crippen molar-refractivity contribution < 1.29 is 14.3 Å². The Hall–Kier alpha value is -2.02. The van der Waals surface area contributed by atoms with Crippen LogP contribution in [0.15, 0.2) is 18.2 Å². The minimum absolute atomic E-state index is 0.0281. The van der Waals surface area contributed by atoms with Gasteiger partial charge >= 0.3 is 0 Å². The van der Waals surface area contributed by atoms with Crippen molar-refractivity contribution in [2.24, 2.45) is 11.8 Å². The van der Waals surface area contributed by atoms with Crippen LogP contribution in [0.25, 0.3) is 0 Å². The summed E-state index contributed by atoms with van der Waals surface area (Å²) in [5, 5.41) is 9.05. The standard InChI is InChI=1S/C14H17NO3/c1-9(2)13(8-15)14(16)10-5-11(17-3)7-12(6-10)18-4/h5-7,9,13H,1-4H3. The first-order valence-electron chi connectivity index (χ1n) is 5.70. The number of hydrogen-bond donors (Lipinski definition) is 0. The van der Waals surface area contributed by atoms with Gasteiger partial charge in [-0.05, 0) is 18.1 Å². The molecule has 0 radical (unpaired) electrons. The first kappa shape index (κ1) is 14.0. The smallest absolute Gasteiger partial charge is 0.180 e. The molecule has 4 nitrogen and oxygen atoms in total. The van der Waals surface area contributed by atoms with Crippen LogP contribution in [0.5, 0.6) is 11.5 Å². The highest BCUT2D eigenvalue weighted by Gasteiger charge is 2.24. The number of hydrogen-bond acceptors (Lipinski definition) is 4. The van der Waals surface area contributed by atoms with Crippen LogP contribution in [0.2, 0.25) is 0 Å². The van der Waals surface area contributed by atoms with E-state index in [1.807, 2.05) is 19.9 Å². The topological polar surface area (TPSA) is 59.3 Å². The first-order chi connectivity index (χ1) is 8.53. The zero-order valence-corrected chi connectivity index (χ0v) is 11.1. The number of benzene rings is 1. The van der Waals surface area contributed by atoms with Crippen LogP contribution < -0.4 is 9.47 Å². The lowest BCUT2D eigenvalue weighted by Crippen LogP contribution is -2.18. The number of rotatable bonds is 5. The van der Waals surface area contributed by atoms with Gasteiger partial charge in [-0.3, -0.25) is 4.79 Å². The van der Waals surface area contributed by atoms with Crippen molar-refractivity contribution in [3.05, 3.63) is 23.8 Å². The fourth-order valence-corrected chi connectivity index (χ4v) is 1.64. The molecule has 0 aliphatic rings. The molecule has 0 heterocycles. The normalized spacial score (nSPS) is 11.8. The predicted octanol–water partition coefficient (Wildman–Crippen LogP) is 2.68. The van der Waals surface area contributed by atoms with Crippen LogP contribution in [0.3, 0.4) is 0 Å². The van der Waals surface area contributed by atoms with Gasteiger partial charge in [0.2, 0.25) is 0 Å². The van der Waals surface area contributed by atoms with Gasteiger partial charge in [-0.25, -0.2) is 0 Å². The Labute approximate surface area is 107 Å². The van der Waals surface area contributed by atoms with E-state index in [9.17, 15) is 4.79 Å². The van der Waals surface area contributed by atoms with Gasteiger partial charge in [-0.2, -0.15) is 5.26 Å². The summed E-state index contributed by atoms with van der Waals surface area (Å²) in [5.41, 5.74) is 0.437. The lowest BCUT2D eigenvalue weighted by Gasteiger charge is -2.13. The van der Waals surface area contributed by atoms with E-state index >= 15 is 0 Å². The van der Waals surface area contributed by atoms with Crippen molar-refractivity contribution in [3.8, 4) is 17.6 Å². The molecule has 0 bridgehead atoms. The Morgan fingerprint density at radius 2 is 1.67 bits per heavy atom. The van der Waals surface area contributed by atoms with E-state index in [-0.39, 0.29) is 11.7 Å². The maximum Gasteiger partial charge on any atom is 0.180 e. The van der Waals surface area contributed by atoms with Gasteiger partial charge in [0.25, 0.3) is 0 Å². The molecule has 0 aliphatic heterocycles. The van der Waals surface area contributed by atoms with Crippen LogP contribution in [0.1, 0.15) is 24.2 Å². The molecule has 1 unspecified atom stereocenters. The second-order valence-electron chi connectivity index (χ2n) is 4.32. The van der Waals surface area contributed by atoms with E-state index < -0.39 is 5.92 Å². The molecule has 96 valence electrons. The maximum absolute atomic E-state index is 12.2. The van der Waals surface area contributed by atoms with Crippen molar-refractivity contribution in [2.45, 2.75) is 13.8 Å². The highest BCUT2D eigenvalue weighted by molar-refractivity contribution is 6.00. The van der Waals surface area contributed by atoms with Crippen LogP contribution >= 0.6 is 0 Å². The molecule has 0 aliphatic carbocycles. The summed E-state index contributed by atoms with van der Waals surface area (Å²) in [6.45, 7) is 3.70. The molecule has 1 aromatic carbocycles. The molecule has 1 rings (SSSR count). The molecule has 1 aromatic rings. The fraction of sp³-hybridized carbons (Fsp3) is 0.429. The average molecular weight is 247 g/mol. The van der Waals surface area contributed by atoms with Crippen molar-refractivity contribution in [1.82, 2.24) is 0 Å². The Balaban J connectivity index is 3.16. The quantitative estimate of drug-likeness (QED) is 0.750. The van der Waals surface area contributed by atoms with Crippen LogP contribution in [0.4, 0.5) is 0 Å². The number of carbonyl (C=O) groups is 1. The molecule has 4 heteroatoms. The van der Waals surface area contributed by atoms with Gasteiger partial charge in [-0.15, -0.1) is 0 Å². The molecule has 0 spiro atoms. The van der Waals surface area contributed by atoms with Crippen molar-refractivity contribution in [2.75, 3.05) is 14.2 Å². The number of ketones is 1. The molecular weight excluding hydrogens is 230 g/mol. The highest BCUT2D eigenvalue weighted by atomic mass is 16.5. The molecule has 0 N–H and O–H groups in total. The Kier molecular flexibility index (Phi) is 4.73. The molecule has 0 aromatic heterocycles. The summed E-state index contributed by atoms with van der Waals surface area (Å²) in [6.07, 6.45) is 0. The van der Waals surface area contributed by atoms with E-state index in [1.165, 1.54) is 14.2 Å². The second-order valence-corrected chi connectivity index (χ2v) is 4.32. The summed E-state index contributed by atoms with van der Waals surface area (Å²) < 4.78 is 10.2. The SMILES string of the molecule is COc1cc(OC)cc(C(=O)C(C#N)C(C)C)c1. The minimum Gasteiger partial charge on any atom is -0.497 e. The Bertz CT molecular complexity index is 452. The summed E-state index contributed by atoms with van der Waals surface area (Å²) in [4.78, 5) is 12.2. The summed E-state index contributed by atoms with van der Waals surface area (Å²) in [5.74, 6) is 0.197. The molecule has 0 amide bonds. The third-order valence-corrected chi connectivity index (χ3v) is 2.72. The molecule has 18 heavy (non-hydrogen) atoms. The number of carbonyl (C=O) groups excluding carboxylic acids is 1. The van der Waals surface area contributed by atoms with E-state index in [2.05, 4.69) is 0 Å². The fourth-order valence-electron chi connectivity index (χ4n) is 1.64. The average Bonchev–Trinajstić information content (AvgIpc) is 2.38. The monoisotopic (exact) mass is 247 g/mol. The zero-order chi connectivity index (χ0) is 13.7. The van der Waals surface area contributed by atoms with Gasteiger partial charge in [0, 0.05) is 11.6 Å². The van der Waals surface area contributed by atoms with E-state index in [4.69, 9.17) is 14.7 Å². The summed E-state index contributed by atoms with van der Waals surface area (Å²) in [7, 11) is 3.04. The van der Waals surface area contributed by atoms with E-state index in [1.54, 1.807) is 18.2 Å². The van der Waals surface area contributed by atoms with E-state index in [0.29, 0.717) is 17.1 Å². The van der Waals surface area contributed by atoms with Gasteiger partial charge in [-0.1, -0.05) is 13.8 Å². The van der Waals surface area contributed by atoms with Gasteiger partial charge in [0.15, 0.2) is 5.78 Å². The third kappa shape index (κ3) is 3.01. The number of methoxy groups -OCH3 is 2. The minimum atomic E-state index is -0.651. The van der Waals surface area contributed by atoms with E-state index in [0.717, 1.165) is 0 Å². The first-order valence-corrected chi connectivity index (χ1v) is 5.70. The number of Topliss-reactive ketones (excluding diaryl/α,β-unsaturated/α-hetero) is 1. The third-order valence-electron chi connectivity index (χ3n) is 2.72.